The Bertz CT molecular complexity index is 708. The molecule has 4 N–H and O–H groups in total. The maximum absolute atomic E-state index is 11.9. The summed E-state index contributed by atoms with van der Waals surface area (Å²) in [5, 5.41) is 7.69. The number of benzene rings is 1. The fourth-order valence-electron chi connectivity index (χ4n) is 1.81. The Kier molecular flexibility index (Phi) is 11.8. The first-order valence-electron chi connectivity index (χ1n) is 8.34. The highest BCUT2D eigenvalue weighted by molar-refractivity contribution is 7.81. The van der Waals surface area contributed by atoms with E-state index in [2.05, 4.69) is 20.1 Å². The van der Waals surface area contributed by atoms with Crippen LogP contribution >= 0.6 is 0 Å². The van der Waals surface area contributed by atoms with Crippen LogP contribution in [-0.4, -0.2) is 45.6 Å². The molecule has 0 spiro atoms. The van der Waals surface area contributed by atoms with Crippen molar-refractivity contribution in [3.8, 4) is 5.75 Å². The van der Waals surface area contributed by atoms with E-state index in [0.717, 1.165) is 0 Å². The molecular formula is C16H27N3O7S. The lowest BCUT2D eigenvalue weighted by Gasteiger charge is -2.12. The minimum absolute atomic E-state index is 0.0325. The fraction of sp³-hybridized carbons (Fsp3) is 0.500. The lowest BCUT2D eigenvalue weighted by molar-refractivity contribution is -0.116. The van der Waals surface area contributed by atoms with Gasteiger partial charge in [-0.15, -0.1) is 0 Å². The highest BCUT2D eigenvalue weighted by Gasteiger charge is 2.15. The Morgan fingerprint density at radius 1 is 1.19 bits per heavy atom. The summed E-state index contributed by atoms with van der Waals surface area (Å²) in [7, 11) is -1.59. The van der Waals surface area contributed by atoms with E-state index >= 15 is 0 Å². The molecule has 154 valence electrons. The molecule has 1 aromatic carbocycles. The van der Waals surface area contributed by atoms with Crippen LogP contribution in [0.4, 0.5) is 10.5 Å². The largest absolute Gasteiger partial charge is 0.446 e. The summed E-state index contributed by atoms with van der Waals surface area (Å²) in [5.74, 6) is -0.618. The van der Waals surface area contributed by atoms with Crippen LogP contribution in [0.2, 0.25) is 0 Å². The molecule has 0 unspecified atom stereocenters. The molecule has 0 aliphatic rings. The normalized spacial score (nSPS) is 10.3. The van der Waals surface area contributed by atoms with Crippen molar-refractivity contribution >= 4 is 28.1 Å². The Morgan fingerprint density at radius 3 is 2.41 bits per heavy atom. The summed E-state index contributed by atoms with van der Waals surface area (Å²) in [6.07, 6.45) is 0.137. The van der Waals surface area contributed by atoms with E-state index in [-0.39, 0.29) is 30.4 Å². The molecule has 0 radical (unpaired) electrons. The van der Waals surface area contributed by atoms with E-state index in [1.165, 1.54) is 25.2 Å². The second-order valence-electron chi connectivity index (χ2n) is 4.92. The number of rotatable bonds is 9. The average molecular weight is 405 g/mol. The van der Waals surface area contributed by atoms with Gasteiger partial charge in [0.15, 0.2) is 5.75 Å². The Balaban J connectivity index is 0.00000326. The summed E-state index contributed by atoms with van der Waals surface area (Å²) in [6.45, 7) is 4.54. The van der Waals surface area contributed by atoms with E-state index in [0.29, 0.717) is 18.5 Å². The van der Waals surface area contributed by atoms with Crippen molar-refractivity contribution in [3.63, 3.8) is 0 Å². The number of carbonyl (C=O) groups excluding carboxylic acids is 2. The van der Waals surface area contributed by atoms with Gasteiger partial charge < -0.3 is 24.9 Å². The Labute approximate surface area is 159 Å². The number of hydrogen-bond donors (Lipinski definition) is 4. The molecule has 0 heterocycles. The van der Waals surface area contributed by atoms with Gasteiger partial charge in [-0.25, -0.2) is 4.79 Å². The van der Waals surface area contributed by atoms with Crippen molar-refractivity contribution in [2.24, 2.45) is 0 Å². The molecule has 11 heteroatoms. The van der Waals surface area contributed by atoms with Gasteiger partial charge in [-0.1, -0.05) is 19.9 Å². The van der Waals surface area contributed by atoms with Crippen LogP contribution in [0.5, 0.6) is 5.75 Å². The smallest absolute Gasteiger partial charge is 0.445 e. The monoisotopic (exact) mass is 405 g/mol. The van der Waals surface area contributed by atoms with Gasteiger partial charge in [-0.3, -0.25) is 9.35 Å². The van der Waals surface area contributed by atoms with Gasteiger partial charge in [0.05, 0.1) is 5.69 Å². The van der Waals surface area contributed by atoms with Gasteiger partial charge in [-0.2, -0.15) is 8.42 Å². The maximum Gasteiger partial charge on any atom is 0.446 e. The van der Waals surface area contributed by atoms with E-state index in [4.69, 9.17) is 9.29 Å². The van der Waals surface area contributed by atoms with Crippen LogP contribution in [0.15, 0.2) is 18.2 Å². The van der Waals surface area contributed by atoms with Gasteiger partial charge in [0.2, 0.25) is 5.91 Å². The van der Waals surface area contributed by atoms with E-state index in [1.807, 2.05) is 13.8 Å². The molecule has 0 saturated carbocycles. The van der Waals surface area contributed by atoms with Crippen LogP contribution in [0.25, 0.3) is 0 Å². The zero-order chi connectivity index (χ0) is 20.9. The first-order chi connectivity index (χ1) is 12.7. The van der Waals surface area contributed by atoms with Gasteiger partial charge in [0, 0.05) is 13.5 Å². The van der Waals surface area contributed by atoms with Crippen molar-refractivity contribution < 1.29 is 31.5 Å². The zero-order valence-electron chi connectivity index (χ0n) is 15.9. The fourth-order valence-corrected chi connectivity index (χ4v) is 2.18. The van der Waals surface area contributed by atoms with Crippen LogP contribution in [0.1, 0.15) is 32.3 Å². The standard InChI is InChI=1S/C14H21N3O7S.C2H6/c1-15-7-3-4-13(18)17-11-8-10(9-23-14(19)16-2)5-6-12(11)24-25(20,21)22;1-2/h5-6,8,15H,3-4,7,9H2,1-2H3,(H,16,19)(H,17,18)(H,20,21,22);1-2H3. The topological polar surface area (TPSA) is 143 Å². The Hall–Kier alpha value is -2.37. The van der Waals surface area contributed by atoms with Crippen molar-refractivity contribution in [1.29, 1.82) is 0 Å². The average Bonchev–Trinajstić information content (AvgIpc) is 2.62. The lowest BCUT2D eigenvalue weighted by Crippen LogP contribution is -2.19. The van der Waals surface area contributed by atoms with Crippen LogP contribution in [0, 0.1) is 0 Å². The highest BCUT2D eigenvalue weighted by atomic mass is 32.3. The van der Waals surface area contributed by atoms with Gasteiger partial charge in [-0.05, 0) is 37.7 Å². The number of hydrogen-bond acceptors (Lipinski definition) is 7. The van der Waals surface area contributed by atoms with Gasteiger partial charge in [0.1, 0.15) is 6.61 Å². The van der Waals surface area contributed by atoms with Gasteiger partial charge in [0.25, 0.3) is 0 Å². The molecular weight excluding hydrogens is 378 g/mol. The number of amides is 2. The quantitative estimate of drug-likeness (QED) is 0.359. The first-order valence-corrected chi connectivity index (χ1v) is 9.70. The van der Waals surface area contributed by atoms with Crippen molar-refractivity contribution in [1.82, 2.24) is 10.6 Å². The Morgan fingerprint density at radius 2 is 1.85 bits per heavy atom. The van der Waals surface area contributed by atoms with E-state index in [1.54, 1.807) is 7.05 Å². The van der Waals surface area contributed by atoms with E-state index in [9.17, 15) is 18.0 Å². The first kappa shape index (κ1) is 24.6. The molecule has 0 saturated heterocycles. The molecule has 0 aliphatic heterocycles. The minimum Gasteiger partial charge on any atom is -0.445 e. The second-order valence-corrected chi connectivity index (χ2v) is 5.95. The molecule has 1 rings (SSSR count). The third-order valence-electron chi connectivity index (χ3n) is 2.92. The van der Waals surface area contributed by atoms with Crippen LogP contribution in [0.3, 0.4) is 0 Å². The lowest BCUT2D eigenvalue weighted by atomic mass is 10.2. The summed E-state index contributed by atoms with van der Waals surface area (Å²) >= 11 is 0. The predicted molar refractivity (Wildman–Crippen MR) is 101 cm³/mol. The molecule has 10 nitrogen and oxygen atoms in total. The molecule has 2 amide bonds. The van der Waals surface area contributed by atoms with Crippen LogP contribution in [-0.2, 0) is 26.5 Å². The SMILES string of the molecule is CC.CNCCCC(=O)Nc1cc(COC(=O)NC)ccc1OS(=O)(=O)O. The molecule has 0 fully saturated rings. The van der Waals surface area contributed by atoms with Crippen molar-refractivity contribution in [2.75, 3.05) is 26.0 Å². The minimum atomic E-state index is -4.76. The molecule has 0 aromatic heterocycles. The maximum atomic E-state index is 11.9. The van der Waals surface area contributed by atoms with Crippen molar-refractivity contribution in [2.45, 2.75) is 33.3 Å². The highest BCUT2D eigenvalue weighted by Crippen LogP contribution is 2.27. The number of carbonyl (C=O) groups is 2. The summed E-state index contributed by atoms with van der Waals surface area (Å²) < 4.78 is 40.0. The van der Waals surface area contributed by atoms with E-state index < -0.39 is 16.5 Å². The number of ether oxygens (including phenoxy) is 1. The number of alkyl carbamates (subject to hydrolysis) is 1. The molecule has 27 heavy (non-hydrogen) atoms. The third-order valence-corrected chi connectivity index (χ3v) is 3.31. The number of anilines is 1. The second kappa shape index (κ2) is 12.9. The summed E-state index contributed by atoms with van der Waals surface area (Å²) in [6, 6.07) is 4.05. The summed E-state index contributed by atoms with van der Waals surface area (Å²) in [4.78, 5) is 23.0. The number of nitrogens with one attached hydrogen (secondary N) is 3. The van der Waals surface area contributed by atoms with Crippen LogP contribution < -0.4 is 20.1 Å². The summed E-state index contributed by atoms with van der Waals surface area (Å²) in [5.41, 5.74) is 0.516. The molecule has 0 aliphatic carbocycles. The molecule has 0 bridgehead atoms. The molecule has 0 atom stereocenters. The van der Waals surface area contributed by atoms with Gasteiger partial charge >= 0.3 is 16.5 Å². The molecule has 1 aromatic rings. The van der Waals surface area contributed by atoms with Crippen molar-refractivity contribution in [3.05, 3.63) is 23.8 Å². The third kappa shape index (κ3) is 11.1. The zero-order valence-corrected chi connectivity index (χ0v) is 16.7. The predicted octanol–water partition coefficient (Wildman–Crippen LogP) is 1.69.